The molecule has 2 aromatic heterocycles. The fourth-order valence-electron chi connectivity index (χ4n) is 3.69. The Hall–Kier alpha value is -3.60. The average Bonchev–Trinajstić information content (AvgIpc) is 3.30. The third-order valence-electron chi connectivity index (χ3n) is 4.92. The van der Waals surface area contributed by atoms with Crippen molar-refractivity contribution in [1.82, 2.24) is 9.55 Å². The Morgan fingerprint density at radius 3 is 2.50 bits per heavy atom. The largest absolute Gasteiger partial charge is 0.359 e. The number of benzene rings is 2. The van der Waals surface area contributed by atoms with Crippen molar-refractivity contribution >= 4 is 44.9 Å². The standard InChI is InChI=1S/C21H15N3O2/c1-23-12-16(13-6-3-5-9-18(13)23)15-10-20(25)24(21(15)26)19-11-22-17-8-4-2-7-14(17)19/h2-12,22H,1H3. The zero-order chi connectivity index (χ0) is 17.8. The van der Waals surface area contributed by atoms with Crippen molar-refractivity contribution in [2.45, 2.75) is 0 Å². The third-order valence-corrected chi connectivity index (χ3v) is 4.92. The molecule has 2 aromatic carbocycles. The van der Waals surface area contributed by atoms with E-state index in [1.165, 1.54) is 11.0 Å². The van der Waals surface area contributed by atoms with Gasteiger partial charge in [0.05, 0.1) is 11.3 Å². The summed E-state index contributed by atoms with van der Waals surface area (Å²) in [6.07, 6.45) is 5.05. The summed E-state index contributed by atoms with van der Waals surface area (Å²) in [5.41, 5.74) is 3.71. The molecule has 0 saturated heterocycles. The summed E-state index contributed by atoms with van der Waals surface area (Å²) in [4.78, 5) is 30.2. The molecule has 2 amide bonds. The summed E-state index contributed by atoms with van der Waals surface area (Å²) < 4.78 is 1.97. The number of hydrogen-bond acceptors (Lipinski definition) is 2. The van der Waals surface area contributed by atoms with Crippen LogP contribution in [0.15, 0.2) is 67.0 Å². The molecule has 0 unspecified atom stereocenters. The van der Waals surface area contributed by atoms with E-state index in [1.54, 1.807) is 6.20 Å². The van der Waals surface area contributed by atoms with Gasteiger partial charge in [-0.2, -0.15) is 0 Å². The molecule has 26 heavy (non-hydrogen) atoms. The van der Waals surface area contributed by atoms with Crippen LogP contribution in [0.2, 0.25) is 0 Å². The van der Waals surface area contributed by atoms with Crippen LogP contribution >= 0.6 is 0 Å². The fourth-order valence-corrected chi connectivity index (χ4v) is 3.69. The van der Waals surface area contributed by atoms with Gasteiger partial charge in [0.1, 0.15) is 0 Å². The van der Waals surface area contributed by atoms with Crippen LogP contribution in [0.5, 0.6) is 0 Å². The fraction of sp³-hybridized carbons (Fsp3) is 0.0476. The van der Waals surface area contributed by atoms with Gasteiger partial charge in [-0.25, -0.2) is 4.90 Å². The zero-order valence-corrected chi connectivity index (χ0v) is 14.1. The molecule has 0 saturated carbocycles. The second kappa shape index (κ2) is 5.20. The van der Waals surface area contributed by atoms with Crippen molar-refractivity contribution in [3.63, 3.8) is 0 Å². The number of aromatic amines is 1. The molecule has 0 bridgehead atoms. The second-order valence-corrected chi connectivity index (χ2v) is 6.43. The van der Waals surface area contributed by atoms with E-state index in [9.17, 15) is 9.59 Å². The summed E-state index contributed by atoms with van der Waals surface area (Å²) in [7, 11) is 1.94. The van der Waals surface area contributed by atoms with Crippen LogP contribution in [-0.2, 0) is 16.6 Å². The van der Waals surface area contributed by atoms with Crippen molar-refractivity contribution in [3.05, 3.63) is 72.6 Å². The Kier molecular flexibility index (Phi) is 2.94. The number of carbonyl (C=O) groups excluding carboxylic acids is 2. The Morgan fingerprint density at radius 2 is 1.65 bits per heavy atom. The summed E-state index contributed by atoms with van der Waals surface area (Å²) in [5.74, 6) is -0.612. The third kappa shape index (κ3) is 1.91. The molecule has 4 aromatic rings. The molecule has 0 atom stereocenters. The molecule has 0 fully saturated rings. The van der Waals surface area contributed by atoms with E-state index in [4.69, 9.17) is 0 Å². The lowest BCUT2D eigenvalue weighted by Crippen LogP contribution is -2.30. The summed E-state index contributed by atoms with van der Waals surface area (Å²) >= 11 is 0. The van der Waals surface area contributed by atoms with Crippen LogP contribution in [0.3, 0.4) is 0 Å². The SMILES string of the molecule is Cn1cc(C2=CC(=O)N(c3c[nH]c4ccccc34)C2=O)c2ccccc21. The minimum Gasteiger partial charge on any atom is -0.359 e. The lowest BCUT2D eigenvalue weighted by molar-refractivity contribution is -0.119. The first-order chi connectivity index (χ1) is 12.6. The Balaban J connectivity index is 1.64. The van der Waals surface area contributed by atoms with E-state index in [1.807, 2.05) is 66.3 Å². The number of amides is 2. The van der Waals surface area contributed by atoms with Gasteiger partial charge < -0.3 is 9.55 Å². The smallest absolute Gasteiger partial charge is 0.266 e. The Morgan fingerprint density at radius 1 is 0.923 bits per heavy atom. The molecule has 1 aliphatic heterocycles. The number of aromatic nitrogens is 2. The van der Waals surface area contributed by atoms with E-state index >= 15 is 0 Å². The molecule has 1 aliphatic rings. The van der Waals surface area contributed by atoms with Gasteiger partial charge >= 0.3 is 0 Å². The van der Waals surface area contributed by atoms with E-state index in [2.05, 4.69) is 4.98 Å². The van der Waals surface area contributed by atoms with Crippen LogP contribution in [0.4, 0.5) is 5.69 Å². The van der Waals surface area contributed by atoms with Gasteiger partial charge in [0.15, 0.2) is 0 Å². The van der Waals surface area contributed by atoms with Gasteiger partial charge in [-0.15, -0.1) is 0 Å². The van der Waals surface area contributed by atoms with Crippen molar-refractivity contribution in [2.24, 2.45) is 7.05 Å². The Bertz CT molecular complexity index is 1240. The predicted octanol–water partition coefficient (Wildman–Crippen LogP) is 3.62. The molecule has 0 radical (unpaired) electrons. The minimum atomic E-state index is -0.317. The monoisotopic (exact) mass is 341 g/mol. The number of carbonyl (C=O) groups is 2. The molecule has 1 N–H and O–H groups in total. The van der Waals surface area contributed by atoms with Crippen LogP contribution in [-0.4, -0.2) is 21.4 Å². The maximum Gasteiger partial charge on any atom is 0.266 e. The molecule has 5 rings (SSSR count). The van der Waals surface area contributed by atoms with E-state index < -0.39 is 0 Å². The molecule has 3 heterocycles. The summed E-state index contributed by atoms with van der Waals surface area (Å²) in [6.45, 7) is 0. The molecule has 5 heteroatoms. The molecule has 0 aliphatic carbocycles. The maximum absolute atomic E-state index is 13.1. The van der Waals surface area contributed by atoms with Gasteiger partial charge in [-0.3, -0.25) is 9.59 Å². The molecule has 5 nitrogen and oxygen atoms in total. The molecular weight excluding hydrogens is 326 g/mol. The van der Waals surface area contributed by atoms with Crippen LogP contribution in [0.25, 0.3) is 27.4 Å². The van der Waals surface area contributed by atoms with Crippen LogP contribution in [0, 0.1) is 0 Å². The highest BCUT2D eigenvalue weighted by atomic mass is 16.2. The van der Waals surface area contributed by atoms with Crippen molar-refractivity contribution in [3.8, 4) is 0 Å². The first kappa shape index (κ1) is 14.7. The minimum absolute atomic E-state index is 0.295. The van der Waals surface area contributed by atoms with Gasteiger partial charge in [-0.1, -0.05) is 36.4 Å². The number of rotatable bonds is 2. The van der Waals surface area contributed by atoms with E-state index in [-0.39, 0.29) is 11.8 Å². The highest BCUT2D eigenvalue weighted by Crippen LogP contribution is 2.35. The topological polar surface area (TPSA) is 58.1 Å². The number of para-hydroxylation sites is 2. The quantitative estimate of drug-likeness (QED) is 0.566. The first-order valence-corrected chi connectivity index (χ1v) is 8.36. The maximum atomic E-state index is 13.1. The number of H-pyrrole nitrogens is 1. The van der Waals surface area contributed by atoms with Gasteiger partial charge in [0.25, 0.3) is 11.8 Å². The predicted molar refractivity (Wildman–Crippen MR) is 102 cm³/mol. The highest BCUT2D eigenvalue weighted by Gasteiger charge is 2.35. The lowest BCUT2D eigenvalue weighted by Gasteiger charge is -2.13. The molecule has 0 spiro atoms. The van der Waals surface area contributed by atoms with Crippen molar-refractivity contribution in [2.75, 3.05) is 4.90 Å². The Labute approximate surface area is 149 Å². The average molecular weight is 341 g/mol. The number of aryl methyl sites for hydroxylation is 1. The first-order valence-electron chi connectivity index (χ1n) is 8.36. The molecular formula is C21H15N3O2. The van der Waals surface area contributed by atoms with Gasteiger partial charge in [0, 0.05) is 52.9 Å². The number of fused-ring (bicyclic) bond motifs is 2. The van der Waals surface area contributed by atoms with E-state index in [0.29, 0.717) is 11.3 Å². The van der Waals surface area contributed by atoms with Crippen molar-refractivity contribution in [1.29, 1.82) is 0 Å². The number of anilines is 1. The normalized spacial score (nSPS) is 14.7. The zero-order valence-electron chi connectivity index (χ0n) is 14.1. The lowest BCUT2D eigenvalue weighted by atomic mass is 10.1. The van der Waals surface area contributed by atoms with Crippen LogP contribution in [0.1, 0.15) is 5.56 Å². The van der Waals surface area contributed by atoms with Crippen LogP contribution < -0.4 is 4.90 Å². The number of imide groups is 1. The van der Waals surface area contributed by atoms with Gasteiger partial charge in [0.2, 0.25) is 0 Å². The summed E-state index contributed by atoms with van der Waals surface area (Å²) in [5, 5.41) is 1.81. The summed E-state index contributed by atoms with van der Waals surface area (Å²) in [6, 6.07) is 15.5. The number of hydrogen-bond donors (Lipinski definition) is 1. The van der Waals surface area contributed by atoms with Crippen molar-refractivity contribution < 1.29 is 9.59 Å². The highest BCUT2D eigenvalue weighted by molar-refractivity contribution is 6.45. The van der Waals surface area contributed by atoms with Gasteiger partial charge in [-0.05, 0) is 12.1 Å². The second-order valence-electron chi connectivity index (χ2n) is 6.43. The number of nitrogens with one attached hydrogen (secondary N) is 1. The van der Waals surface area contributed by atoms with E-state index in [0.717, 1.165) is 27.4 Å². The molecule has 126 valence electrons. The number of nitrogens with zero attached hydrogens (tertiary/aromatic N) is 2.